The predicted octanol–water partition coefficient (Wildman–Crippen LogP) is 4.81. The van der Waals surface area contributed by atoms with Crippen LogP contribution >= 0.6 is 23.1 Å². The van der Waals surface area contributed by atoms with Gasteiger partial charge < -0.3 is 15.7 Å². The first-order chi connectivity index (χ1) is 14.4. The fourth-order valence-electron chi connectivity index (χ4n) is 2.98. The van der Waals surface area contributed by atoms with Crippen molar-refractivity contribution in [2.45, 2.75) is 38.6 Å². The highest BCUT2D eigenvalue weighted by molar-refractivity contribution is 7.89. The molecule has 0 unspecified atom stereocenters. The van der Waals surface area contributed by atoms with Gasteiger partial charge in [0.2, 0.25) is 10.0 Å². The van der Waals surface area contributed by atoms with Crippen molar-refractivity contribution < 1.29 is 13.5 Å². The molecule has 2 heterocycles. The van der Waals surface area contributed by atoms with Gasteiger partial charge in [-0.2, -0.15) is 8.75 Å². The van der Waals surface area contributed by atoms with Gasteiger partial charge in [-0.3, -0.25) is 0 Å². The third kappa shape index (κ3) is 5.00. The number of nitrogens with zero attached hydrogens (tertiary/aromatic N) is 3. The summed E-state index contributed by atoms with van der Waals surface area (Å²) in [6.45, 7) is 8.51. The van der Waals surface area contributed by atoms with E-state index in [-0.39, 0.29) is 27.8 Å². The Kier molecular flexibility index (Phi) is 6.61. The summed E-state index contributed by atoms with van der Waals surface area (Å²) in [5.41, 5.74) is 0.137. The number of hydrogen-bond acceptors (Lipinski definition) is 9. The Hall–Kier alpha value is -2.21. The SMILES string of the molecule is Cc1ccc([C@H](Nc2nsnc2Nc2cccc(S(=O)(=O)N(C)C)c2O)C(C)(C)C)s1. The van der Waals surface area contributed by atoms with Crippen molar-refractivity contribution in [3.8, 4) is 5.75 Å². The summed E-state index contributed by atoms with van der Waals surface area (Å²) in [7, 11) is -0.962. The van der Waals surface area contributed by atoms with Gasteiger partial charge in [-0.1, -0.05) is 26.8 Å². The first-order valence-electron chi connectivity index (χ1n) is 9.58. The zero-order chi connectivity index (χ0) is 23.0. The molecule has 0 fully saturated rings. The molecule has 3 rings (SSSR count). The first-order valence-corrected chi connectivity index (χ1v) is 12.6. The van der Waals surface area contributed by atoms with Gasteiger partial charge in [-0.15, -0.1) is 11.3 Å². The monoisotopic (exact) mass is 481 g/mol. The summed E-state index contributed by atoms with van der Waals surface area (Å²) in [6, 6.07) is 8.72. The van der Waals surface area contributed by atoms with E-state index in [2.05, 4.69) is 59.2 Å². The average Bonchev–Trinajstić information content (AvgIpc) is 3.28. The largest absolute Gasteiger partial charge is 0.504 e. The van der Waals surface area contributed by atoms with Crippen LogP contribution in [0.5, 0.6) is 5.75 Å². The first kappa shape index (κ1) is 23.5. The lowest BCUT2D eigenvalue weighted by atomic mass is 9.86. The lowest BCUT2D eigenvalue weighted by Crippen LogP contribution is -2.25. The van der Waals surface area contributed by atoms with Crippen LogP contribution in [0.3, 0.4) is 0 Å². The molecule has 168 valence electrons. The number of thiophene rings is 1. The molecule has 0 spiro atoms. The van der Waals surface area contributed by atoms with Crippen LogP contribution in [0.4, 0.5) is 17.3 Å². The minimum atomic E-state index is -3.80. The topological polar surface area (TPSA) is 107 Å². The molecule has 11 heteroatoms. The molecule has 1 aromatic carbocycles. The number of phenols is 1. The minimum absolute atomic E-state index is 0.00954. The summed E-state index contributed by atoms with van der Waals surface area (Å²) in [5.74, 6) is 0.592. The lowest BCUT2D eigenvalue weighted by Gasteiger charge is -2.31. The highest BCUT2D eigenvalue weighted by atomic mass is 32.2. The molecule has 3 N–H and O–H groups in total. The van der Waals surface area contributed by atoms with E-state index in [4.69, 9.17) is 0 Å². The van der Waals surface area contributed by atoms with Crippen molar-refractivity contribution in [3.63, 3.8) is 0 Å². The van der Waals surface area contributed by atoms with E-state index in [0.717, 1.165) is 16.0 Å². The summed E-state index contributed by atoms with van der Waals surface area (Å²) in [4.78, 5) is 2.23. The maximum Gasteiger partial charge on any atom is 0.246 e. The molecule has 8 nitrogen and oxygen atoms in total. The standard InChI is InChI=1S/C20H27N5O3S3/c1-12-10-11-14(29-12)17(20(2,3)4)22-19-18(23-30-24-19)21-13-8-7-9-15(16(13)26)31(27,28)25(5)6/h7-11,17,26H,1-6H3,(H,21,23)(H,22,24)/t17-/m0/s1. The maximum atomic E-state index is 12.5. The lowest BCUT2D eigenvalue weighted by molar-refractivity contribution is 0.351. The van der Waals surface area contributed by atoms with E-state index >= 15 is 0 Å². The van der Waals surface area contributed by atoms with Gasteiger partial charge in [-0.05, 0) is 36.6 Å². The molecule has 0 radical (unpaired) electrons. The molecule has 0 aliphatic rings. The molecule has 0 amide bonds. The summed E-state index contributed by atoms with van der Waals surface area (Å²) in [5, 5.41) is 17.1. The van der Waals surface area contributed by atoms with Crippen molar-refractivity contribution in [2.75, 3.05) is 24.7 Å². The van der Waals surface area contributed by atoms with Crippen molar-refractivity contribution in [1.82, 2.24) is 13.1 Å². The zero-order valence-electron chi connectivity index (χ0n) is 18.3. The van der Waals surface area contributed by atoms with Gasteiger partial charge in [-0.25, -0.2) is 12.7 Å². The Morgan fingerprint density at radius 1 is 1.10 bits per heavy atom. The number of anilines is 3. The molecular weight excluding hydrogens is 454 g/mol. The molecule has 0 aliphatic carbocycles. The molecule has 1 atom stereocenters. The molecule has 3 aromatic rings. The minimum Gasteiger partial charge on any atom is -0.504 e. The van der Waals surface area contributed by atoms with Gasteiger partial charge in [0, 0.05) is 23.8 Å². The number of hydrogen-bond donors (Lipinski definition) is 3. The van der Waals surface area contributed by atoms with Gasteiger partial charge in [0.15, 0.2) is 17.4 Å². The second-order valence-electron chi connectivity index (χ2n) is 8.42. The number of benzene rings is 1. The normalized spacial score (nSPS) is 13.4. The Balaban J connectivity index is 1.93. The number of rotatable bonds is 7. The van der Waals surface area contributed by atoms with Gasteiger partial charge in [0.1, 0.15) is 4.90 Å². The predicted molar refractivity (Wildman–Crippen MR) is 127 cm³/mol. The summed E-state index contributed by atoms with van der Waals surface area (Å²) < 4.78 is 34.7. The Bertz CT molecular complexity index is 1160. The van der Waals surface area contributed by atoms with Crippen LogP contribution < -0.4 is 10.6 Å². The van der Waals surface area contributed by atoms with E-state index in [9.17, 15) is 13.5 Å². The number of para-hydroxylation sites is 1. The third-order valence-electron chi connectivity index (χ3n) is 4.69. The van der Waals surface area contributed by atoms with E-state index < -0.39 is 10.0 Å². The van der Waals surface area contributed by atoms with E-state index in [0.29, 0.717) is 11.6 Å². The van der Waals surface area contributed by atoms with Gasteiger partial charge in [0.05, 0.1) is 23.5 Å². The van der Waals surface area contributed by atoms with Crippen LogP contribution in [0.1, 0.15) is 36.6 Å². The van der Waals surface area contributed by atoms with Gasteiger partial charge in [0.25, 0.3) is 0 Å². The highest BCUT2D eigenvalue weighted by Gasteiger charge is 2.29. The molecule has 0 saturated carbocycles. The Morgan fingerprint density at radius 3 is 2.35 bits per heavy atom. The summed E-state index contributed by atoms with van der Waals surface area (Å²) in [6.07, 6.45) is 0. The fourth-order valence-corrected chi connectivity index (χ4v) is 5.63. The molecule has 0 aliphatic heterocycles. The van der Waals surface area contributed by atoms with E-state index in [1.54, 1.807) is 23.5 Å². The van der Waals surface area contributed by atoms with Crippen LogP contribution in [0, 0.1) is 12.3 Å². The van der Waals surface area contributed by atoms with Crippen molar-refractivity contribution in [1.29, 1.82) is 0 Å². The number of aromatic nitrogens is 2. The van der Waals surface area contributed by atoms with Crippen LogP contribution in [0.15, 0.2) is 35.2 Å². The van der Waals surface area contributed by atoms with Gasteiger partial charge >= 0.3 is 0 Å². The second-order valence-corrected chi connectivity index (χ2v) is 12.4. The van der Waals surface area contributed by atoms with E-state index in [1.807, 2.05) is 0 Å². The second kappa shape index (κ2) is 8.73. The molecule has 0 bridgehead atoms. The van der Waals surface area contributed by atoms with Crippen molar-refractivity contribution in [2.24, 2.45) is 5.41 Å². The van der Waals surface area contributed by atoms with Crippen LogP contribution in [0.2, 0.25) is 0 Å². The smallest absolute Gasteiger partial charge is 0.246 e. The summed E-state index contributed by atoms with van der Waals surface area (Å²) >= 11 is 2.75. The quantitative estimate of drug-likeness (QED) is 0.416. The maximum absolute atomic E-state index is 12.5. The molecule has 2 aromatic heterocycles. The number of nitrogens with one attached hydrogen (secondary N) is 2. The fraction of sp³-hybridized carbons (Fsp3) is 0.400. The van der Waals surface area contributed by atoms with E-state index in [1.165, 1.54) is 29.9 Å². The van der Waals surface area contributed by atoms with Crippen LogP contribution in [-0.4, -0.2) is 40.7 Å². The van der Waals surface area contributed by atoms with Crippen LogP contribution in [0.25, 0.3) is 0 Å². The zero-order valence-corrected chi connectivity index (χ0v) is 20.7. The average molecular weight is 482 g/mol. The third-order valence-corrected chi connectivity index (χ3v) is 8.13. The van der Waals surface area contributed by atoms with Crippen molar-refractivity contribution >= 4 is 50.4 Å². The van der Waals surface area contributed by atoms with Crippen molar-refractivity contribution in [3.05, 3.63) is 40.1 Å². The number of aromatic hydroxyl groups is 1. The molecular formula is C20H27N5O3S3. The van der Waals surface area contributed by atoms with Crippen LogP contribution in [-0.2, 0) is 10.0 Å². The molecule has 31 heavy (non-hydrogen) atoms. The Labute approximate surface area is 191 Å². The highest BCUT2D eigenvalue weighted by Crippen LogP contribution is 2.41. The number of phenolic OH excluding ortho intramolecular Hbond substituents is 1. The molecule has 0 saturated heterocycles. The number of aryl methyl sites for hydroxylation is 1. The Morgan fingerprint density at radius 2 is 1.77 bits per heavy atom. The number of sulfonamides is 1.